The Morgan fingerprint density at radius 2 is 1.94 bits per heavy atom. The molecule has 0 atom stereocenters. The van der Waals surface area contributed by atoms with Crippen molar-refractivity contribution in [3.05, 3.63) is 34.2 Å². The number of rotatable bonds is 2. The highest BCUT2D eigenvalue weighted by atomic mass is 16.5. The van der Waals surface area contributed by atoms with Crippen molar-refractivity contribution in [2.45, 2.75) is 6.92 Å². The van der Waals surface area contributed by atoms with E-state index < -0.39 is 0 Å². The Morgan fingerprint density at radius 3 is 2.56 bits per heavy atom. The summed E-state index contributed by atoms with van der Waals surface area (Å²) < 4.78 is 15.5. The molecule has 0 unspecified atom stereocenters. The minimum atomic E-state index is -0.362. The molecule has 2 rings (SSSR count). The fraction of sp³-hybridized carbons (Fsp3) is 0.250. The highest BCUT2D eigenvalue weighted by Gasteiger charge is 2.12. The third-order valence-corrected chi connectivity index (χ3v) is 2.42. The molecule has 0 saturated carbocycles. The molecule has 16 heavy (non-hydrogen) atoms. The molecule has 2 aromatic rings. The molecule has 4 heteroatoms. The topological polar surface area (TPSA) is 48.7 Å². The lowest BCUT2D eigenvalue weighted by molar-refractivity contribution is 0.352. The van der Waals surface area contributed by atoms with Crippen LogP contribution in [0.5, 0.6) is 11.5 Å². The van der Waals surface area contributed by atoms with Gasteiger partial charge in [0.05, 0.1) is 14.2 Å². The Balaban J connectivity index is 2.86. The maximum atomic E-state index is 11.4. The van der Waals surface area contributed by atoms with Gasteiger partial charge in [-0.05, 0) is 25.1 Å². The van der Waals surface area contributed by atoms with Crippen molar-refractivity contribution >= 4 is 11.0 Å². The van der Waals surface area contributed by atoms with E-state index in [4.69, 9.17) is 13.9 Å². The Labute approximate surface area is 92.4 Å². The Hall–Kier alpha value is -1.97. The molecule has 0 amide bonds. The number of aryl methyl sites for hydroxylation is 1. The molecule has 0 aliphatic heterocycles. The molecule has 1 aromatic carbocycles. The van der Waals surface area contributed by atoms with E-state index >= 15 is 0 Å². The fourth-order valence-corrected chi connectivity index (χ4v) is 1.60. The number of fused-ring (bicyclic) bond motifs is 1. The molecule has 84 valence electrons. The van der Waals surface area contributed by atoms with Crippen LogP contribution in [-0.2, 0) is 0 Å². The van der Waals surface area contributed by atoms with Crippen LogP contribution in [0.3, 0.4) is 0 Å². The van der Waals surface area contributed by atoms with Gasteiger partial charge in [-0.15, -0.1) is 0 Å². The molecule has 0 aliphatic carbocycles. The summed E-state index contributed by atoms with van der Waals surface area (Å²) in [4.78, 5) is 11.4. The van der Waals surface area contributed by atoms with Crippen molar-refractivity contribution in [3.8, 4) is 11.5 Å². The minimum Gasteiger partial charge on any atom is -0.493 e. The molecule has 4 nitrogen and oxygen atoms in total. The normalized spacial score (nSPS) is 10.4. The largest absolute Gasteiger partial charge is 0.493 e. The number of hydrogen-bond donors (Lipinski definition) is 0. The summed E-state index contributed by atoms with van der Waals surface area (Å²) in [7, 11) is 3.05. The zero-order valence-corrected chi connectivity index (χ0v) is 9.37. The first kappa shape index (κ1) is 10.5. The van der Waals surface area contributed by atoms with Crippen molar-refractivity contribution in [3.63, 3.8) is 0 Å². The lowest BCUT2D eigenvalue weighted by atomic mass is 10.2. The van der Waals surface area contributed by atoms with Crippen molar-refractivity contribution in [1.82, 2.24) is 0 Å². The summed E-state index contributed by atoms with van der Waals surface area (Å²) in [6, 6.07) is 5.37. The molecule has 0 N–H and O–H groups in total. The van der Waals surface area contributed by atoms with Gasteiger partial charge in [-0.1, -0.05) is 0 Å². The first-order valence-corrected chi connectivity index (χ1v) is 4.83. The molecule has 1 heterocycles. The molecule has 0 spiro atoms. The quantitative estimate of drug-likeness (QED) is 0.727. The van der Waals surface area contributed by atoms with Gasteiger partial charge in [-0.3, -0.25) is 0 Å². The SMILES string of the molecule is COc1ccc2cc(C)c(=O)oc2c1OC. The van der Waals surface area contributed by atoms with Gasteiger partial charge >= 0.3 is 5.63 Å². The van der Waals surface area contributed by atoms with Gasteiger partial charge in [-0.2, -0.15) is 0 Å². The lowest BCUT2D eigenvalue weighted by Gasteiger charge is -2.09. The van der Waals surface area contributed by atoms with Crippen LogP contribution in [0.25, 0.3) is 11.0 Å². The van der Waals surface area contributed by atoms with Crippen LogP contribution in [0.15, 0.2) is 27.4 Å². The van der Waals surface area contributed by atoms with Crippen LogP contribution in [0.4, 0.5) is 0 Å². The third kappa shape index (κ3) is 1.52. The predicted octanol–water partition coefficient (Wildman–Crippen LogP) is 2.12. The van der Waals surface area contributed by atoms with E-state index in [9.17, 15) is 4.79 Å². The van der Waals surface area contributed by atoms with Crippen molar-refractivity contribution in [2.75, 3.05) is 14.2 Å². The molecule has 0 radical (unpaired) electrons. The lowest BCUT2D eigenvalue weighted by Crippen LogP contribution is -2.03. The van der Waals surface area contributed by atoms with E-state index in [1.807, 2.05) is 6.07 Å². The third-order valence-electron chi connectivity index (χ3n) is 2.42. The van der Waals surface area contributed by atoms with Crippen molar-refractivity contribution in [1.29, 1.82) is 0 Å². The average Bonchev–Trinajstić information content (AvgIpc) is 2.29. The predicted molar refractivity (Wildman–Crippen MR) is 60.3 cm³/mol. The number of ether oxygens (including phenoxy) is 2. The maximum absolute atomic E-state index is 11.4. The molecule has 0 fully saturated rings. The van der Waals surface area contributed by atoms with Gasteiger partial charge in [0.2, 0.25) is 5.75 Å². The smallest absolute Gasteiger partial charge is 0.339 e. The van der Waals surface area contributed by atoms with Crippen molar-refractivity contribution < 1.29 is 13.9 Å². The standard InChI is InChI=1S/C12H12O4/c1-7-6-8-4-5-9(14-2)11(15-3)10(8)16-12(7)13/h4-6H,1-3H3. The number of hydrogen-bond acceptors (Lipinski definition) is 4. The Morgan fingerprint density at radius 1 is 1.19 bits per heavy atom. The van der Waals surface area contributed by atoms with Crippen LogP contribution in [-0.4, -0.2) is 14.2 Å². The molecule has 0 saturated heterocycles. The van der Waals surface area contributed by atoms with Gasteiger partial charge in [0.25, 0.3) is 0 Å². The van der Waals surface area contributed by atoms with Crippen LogP contribution in [0.1, 0.15) is 5.56 Å². The highest BCUT2D eigenvalue weighted by molar-refractivity contribution is 5.85. The van der Waals surface area contributed by atoms with Gasteiger partial charge in [0.15, 0.2) is 11.3 Å². The first-order valence-electron chi connectivity index (χ1n) is 4.83. The van der Waals surface area contributed by atoms with E-state index in [2.05, 4.69) is 0 Å². The number of methoxy groups -OCH3 is 2. The van der Waals surface area contributed by atoms with E-state index in [-0.39, 0.29) is 5.63 Å². The van der Waals surface area contributed by atoms with Crippen molar-refractivity contribution in [2.24, 2.45) is 0 Å². The highest BCUT2D eigenvalue weighted by Crippen LogP contribution is 2.34. The molecular weight excluding hydrogens is 208 g/mol. The van der Waals surface area contributed by atoms with E-state index in [0.29, 0.717) is 22.6 Å². The summed E-state index contributed by atoms with van der Waals surface area (Å²) in [5.74, 6) is 0.985. The maximum Gasteiger partial charge on any atom is 0.339 e. The second-order valence-electron chi connectivity index (χ2n) is 3.44. The van der Waals surface area contributed by atoms with Gasteiger partial charge in [-0.25, -0.2) is 4.79 Å². The second kappa shape index (κ2) is 3.89. The zero-order chi connectivity index (χ0) is 11.7. The van der Waals surface area contributed by atoms with Crippen LogP contribution < -0.4 is 15.1 Å². The van der Waals surface area contributed by atoms with Crippen LogP contribution in [0, 0.1) is 6.92 Å². The summed E-state index contributed by atoms with van der Waals surface area (Å²) in [6.07, 6.45) is 0. The first-order chi connectivity index (χ1) is 7.67. The van der Waals surface area contributed by atoms with E-state index in [1.165, 1.54) is 14.2 Å². The summed E-state index contributed by atoms with van der Waals surface area (Å²) in [5.41, 5.74) is 0.622. The van der Waals surface area contributed by atoms with Gasteiger partial charge in [0, 0.05) is 10.9 Å². The Bertz CT molecular complexity index is 583. The summed E-state index contributed by atoms with van der Waals surface area (Å²) >= 11 is 0. The van der Waals surface area contributed by atoms with Crippen LogP contribution >= 0.6 is 0 Å². The Kier molecular flexibility index (Phi) is 2.56. The summed E-state index contributed by atoms with van der Waals surface area (Å²) in [5, 5.41) is 0.815. The second-order valence-corrected chi connectivity index (χ2v) is 3.44. The fourth-order valence-electron chi connectivity index (χ4n) is 1.60. The molecular formula is C12H12O4. The number of benzene rings is 1. The van der Waals surface area contributed by atoms with Gasteiger partial charge in [0.1, 0.15) is 0 Å². The zero-order valence-electron chi connectivity index (χ0n) is 9.37. The molecule has 0 bridgehead atoms. The monoisotopic (exact) mass is 220 g/mol. The van der Waals surface area contributed by atoms with Gasteiger partial charge < -0.3 is 13.9 Å². The van der Waals surface area contributed by atoms with E-state index in [0.717, 1.165) is 5.39 Å². The average molecular weight is 220 g/mol. The van der Waals surface area contributed by atoms with Crippen LogP contribution in [0.2, 0.25) is 0 Å². The molecule has 1 aromatic heterocycles. The minimum absolute atomic E-state index is 0.362. The molecule has 0 aliphatic rings. The van der Waals surface area contributed by atoms with E-state index in [1.54, 1.807) is 19.1 Å². The summed E-state index contributed by atoms with van der Waals surface area (Å²) in [6.45, 7) is 1.71.